The molecule has 5 nitrogen and oxygen atoms in total. The van der Waals surface area contributed by atoms with Gasteiger partial charge in [-0.25, -0.2) is 0 Å². The zero-order chi connectivity index (χ0) is 13.5. The Hall–Kier alpha value is -1.30. The molecule has 1 rings (SSSR count). The summed E-state index contributed by atoms with van der Waals surface area (Å²) in [6, 6.07) is 5.44. The van der Waals surface area contributed by atoms with Gasteiger partial charge in [0, 0.05) is 13.2 Å². The molecule has 0 aliphatic carbocycles. The Morgan fingerprint density at radius 3 is 2.50 bits per heavy atom. The molecule has 1 aromatic carbocycles. The first-order valence-electron chi connectivity index (χ1n) is 5.81. The summed E-state index contributed by atoms with van der Waals surface area (Å²) in [6.45, 7) is 2.29. The van der Waals surface area contributed by atoms with Crippen LogP contribution in [0.5, 0.6) is 11.5 Å². The molecule has 0 aromatic heterocycles. The number of aliphatic hydroxyl groups excluding tert-OH is 1. The molecule has 0 fully saturated rings. The lowest BCUT2D eigenvalue weighted by Gasteiger charge is -2.15. The van der Waals surface area contributed by atoms with Crippen LogP contribution in [0.2, 0.25) is 0 Å². The van der Waals surface area contributed by atoms with Gasteiger partial charge in [-0.3, -0.25) is 0 Å². The second-order valence-corrected chi connectivity index (χ2v) is 4.12. The van der Waals surface area contributed by atoms with Gasteiger partial charge in [-0.1, -0.05) is 6.07 Å². The molecule has 0 saturated carbocycles. The number of benzene rings is 1. The molecule has 0 spiro atoms. The highest BCUT2D eigenvalue weighted by Gasteiger charge is 2.10. The van der Waals surface area contributed by atoms with Crippen molar-refractivity contribution in [3.05, 3.63) is 23.8 Å². The molecule has 0 amide bonds. The van der Waals surface area contributed by atoms with Crippen molar-refractivity contribution in [3.8, 4) is 11.5 Å². The highest BCUT2D eigenvalue weighted by atomic mass is 16.5. The molecule has 0 heterocycles. The van der Waals surface area contributed by atoms with Gasteiger partial charge in [0.2, 0.25) is 0 Å². The quantitative estimate of drug-likeness (QED) is 0.763. The van der Waals surface area contributed by atoms with Crippen molar-refractivity contribution in [1.29, 1.82) is 0 Å². The predicted octanol–water partition coefficient (Wildman–Crippen LogP) is 1.10. The minimum absolute atomic E-state index is 0.0629. The zero-order valence-electron chi connectivity index (χ0n) is 11.1. The maximum Gasteiger partial charge on any atom is 0.161 e. The molecule has 0 aliphatic heterocycles. The van der Waals surface area contributed by atoms with Crippen molar-refractivity contribution in [2.75, 3.05) is 27.4 Å². The van der Waals surface area contributed by atoms with Crippen LogP contribution in [0.3, 0.4) is 0 Å². The van der Waals surface area contributed by atoms with E-state index in [2.05, 4.69) is 0 Å². The van der Waals surface area contributed by atoms with E-state index in [1.165, 1.54) is 7.11 Å². The highest BCUT2D eigenvalue weighted by molar-refractivity contribution is 5.43. The smallest absolute Gasteiger partial charge is 0.161 e. The number of aliphatic hydroxyl groups is 1. The van der Waals surface area contributed by atoms with E-state index in [9.17, 15) is 5.11 Å². The van der Waals surface area contributed by atoms with Crippen molar-refractivity contribution in [2.45, 2.75) is 19.1 Å². The molecule has 0 saturated heterocycles. The minimum atomic E-state index is -0.659. The van der Waals surface area contributed by atoms with Crippen LogP contribution in [0.25, 0.3) is 0 Å². The minimum Gasteiger partial charge on any atom is -0.493 e. The Morgan fingerprint density at radius 1 is 1.22 bits per heavy atom. The van der Waals surface area contributed by atoms with E-state index >= 15 is 0 Å². The van der Waals surface area contributed by atoms with Crippen molar-refractivity contribution in [3.63, 3.8) is 0 Å². The molecule has 102 valence electrons. The van der Waals surface area contributed by atoms with Gasteiger partial charge in [-0.15, -0.1) is 0 Å². The molecule has 0 bridgehead atoms. The monoisotopic (exact) mass is 255 g/mol. The third-order valence-electron chi connectivity index (χ3n) is 2.50. The Morgan fingerprint density at radius 2 is 1.94 bits per heavy atom. The average Bonchev–Trinajstić information content (AvgIpc) is 2.36. The zero-order valence-corrected chi connectivity index (χ0v) is 11.1. The number of rotatable bonds is 7. The molecule has 5 heteroatoms. The topological polar surface area (TPSA) is 73.9 Å². The summed E-state index contributed by atoms with van der Waals surface area (Å²) < 4.78 is 15.5. The van der Waals surface area contributed by atoms with Gasteiger partial charge in [0.25, 0.3) is 0 Å². The number of methoxy groups -OCH3 is 2. The molecule has 3 N–H and O–H groups in total. The van der Waals surface area contributed by atoms with Crippen LogP contribution in [0, 0.1) is 0 Å². The number of ether oxygens (including phenoxy) is 3. The van der Waals surface area contributed by atoms with E-state index in [1.54, 1.807) is 13.2 Å². The number of nitrogens with two attached hydrogens (primary N) is 1. The van der Waals surface area contributed by atoms with E-state index in [1.807, 2.05) is 19.1 Å². The largest absolute Gasteiger partial charge is 0.493 e. The number of hydrogen-bond acceptors (Lipinski definition) is 5. The summed E-state index contributed by atoms with van der Waals surface area (Å²) in [4.78, 5) is 0. The summed E-state index contributed by atoms with van der Waals surface area (Å²) in [5.74, 6) is 1.19. The van der Waals surface area contributed by atoms with Gasteiger partial charge in [0.15, 0.2) is 11.5 Å². The molecule has 18 heavy (non-hydrogen) atoms. The van der Waals surface area contributed by atoms with Crippen LogP contribution >= 0.6 is 0 Å². The first-order chi connectivity index (χ1) is 8.58. The molecular weight excluding hydrogens is 234 g/mol. The lowest BCUT2D eigenvalue weighted by atomic mass is 10.1. The van der Waals surface area contributed by atoms with Gasteiger partial charge in [0.05, 0.1) is 13.7 Å². The maximum atomic E-state index is 9.51. The third kappa shape index (κ3) is 4.18. The molecule has 1 unspecified atom stereocenters. The fourth-order valence-corrected chi connectivity index (χ4v) is 1.51. The van der Waals surface area contributed by atoms with Crippen LogP contribution in [-0.2, 0) is 4.74 Å². The lowest BCUT2D eigenvalue weighted by Crippen LogP contribution is -2.22. The number of hydrogen-bond donors (Lipinski definition) is 2. The Balaban J connectivity index is 2.70. The molecular formula is C13H21NO4. The third-order valence-corrected chi connectivity index (χ3v) is 2.50. The second-order valence-electron chi connectivity index (χ2n) is 4.12. The summed E-state index contributed by atoms with van der Waals surface area (Å²) in [6.07, 6.45) is -0.659. The first-order valence-corrected chi connectivity index (χ1v) is 5.81. The Labute approximate surface area is 107 Å². The van der Waals surface area contributed by atoms with Crippen LogP contribution in [-0.4, -0.2) is 38.6 Å². The summed E-state index contributed by atoms with van der Waals surface area (Å²) >= 11 is 0. The van der Waals surface area contributed by atoms with Crippen molar-refractivity contribution in [2.24, 2.45) is 5.73 Å². The molecule has 2 atom stereocenters. The van der Waals surface area contributed by atoms with Gasteiger partial charge < -0.3 is 25.1 Å². The van der Waals surface area contributed by atoms with Gasteiger partial charge in [0.1, 0.15) is 12.7 Å². The van der Waals surface area contributed by atoms with Gasteiger partial charge in [-0.2, -0.15) is 0 Å². The van der Waals surface area contributed by atoms with Crippen molar-refractivity contribution in [1.82, 2.24) is 0 Å². The fourth-order valence-electron chi connectivity index (χ4n) is 1.51. The first kappa shape index (κ1) is 14.8. The van der Waals surface area contributed by atoms with Crippen LogP contribution in [0.4, 0.5) is 0 Å². The standard InChI is InChI=1S/C13H21NO4/c1-9(14)10-4-5-12(13(6-10)17-3)18-8-11(15)7-16-2/h4-6,9,11,15H,7-8,14H2,1-3H3/t9-,11?/m0/s1. The average molecular weight is 255 g/mol. The fraction of sp³-hybridized carbons (Fsp3) is 0.538. The highest BCUT2D eigenvalue weighted by Crippen LogP contribution is 2.29. The van der Waals surface area contributed by atoms with E-state index in [-0.39, 0.29) is 19.3 Å². The Bertz CT molecular complexity index is 368. The summed E-state index contributed by atoms with van der Waals surface area (Å²) in [5, 5.41) is 9.51. The van der Waals surface area contributed by atoms with E-state index < -0.39 is 6.10 Å². The normalized spacial score (nSPS) is 14.1. The second kappa shape index (κ2) is 7.20. The van der Waals surface area contributed by atoms with Crippen molar-refractivity contribution < 1.29 is 19.3 Å². The lowest BCUT2D eigenvalue weighted by molar-refractivity contribution is 0.0319. The van der Waals surface area contributed by atoms with E-state index in [0.29, 0.717) is 11.5 Å². The van der Waals surface area contributed by atoms with Crippen LogP contribution in [0.15, 0.2) is 18.2 Å². The summed E-state index contributed by atoms with van der Waals surface area (Å²) in [7, 11) is 3.10. The van der Waals surface area contributed by atoms with Crippen LogP contribution < -0.4 is 15.2 Å². The van der Waals surface area contributed by atoms with Crippen molar-refractivity contribution >= 4 is 0 Å². The predicted molar refractivity (Wildman–Crippen MR) is 69.0 cm³/mol. The van der Waals surface area contributed by atoms with E-state index in [0.717, 1.165) is 5.56 Å². The SMILES string of the molecule is COCC(O)COc1ccc([C@H](C)N)cc1OC. The van der Waals surface area contributed by atoms with Crippen LogP contribution in [0.1, 0.15) is 18.5 Å². The Kier molecular flexibility index (Phi) is 5.91. The molecule has 0 aliphatic rings. The summed E-state index contributed by atoms with van der Waals surface area (Å²) in [5.41, 5.74) is 6.77. The van der Waals surface area contributed by atoms with Gasteiger partial charge in [-0.05, 0) is 24.6 Å². The maximum absolute atomic E-state index is 9.51. The molecule has 0 radical (unpaired) electrons. The molecule has 1 aromatic rings. The van der Waals surface area contributed by atoms with Gasteiger partial charge >= 0.3 is 0 Å². The van der Waals surface area contributed by atoms with E-state index in [4.69, 9.17) is 19.9 Å².